The van der Waals surface area contributed by atoms with Crippen LogP contribution in [0.3, 0.4) is 0 Å². The summed E-state index contributed by atoms with van der Waals surface area (Å²) < 4.78 is 0. The van der Waals surface area contributed by atoms with E-state index in [4.69, 9.17) is 11.6 Å². The topological polar surface area (TPSA) is 49.4 Å². The molecule has 0 aliphatic rings. The molecular weight excluding hydrogens is 404 g/mol. The van der Waals surface area contributed by atoms with Crippen molar-refractivity contribution < 1.29 is 9.59 Å². The minimum atomic E-state index is -0.597. The number of benzene rings is 2. The van der Waals surface area contributed by atoms with E-state index in [0.717, 1.165) is 10.5 Å². The van der Waals surface area contributed by atoms with E-state index in [9.17, 15) is 9.59 Å². The molecule has 6 heteroatoms. The van der Waals surface area contributed by atoms with Crippen LogP contribution in [0, 0.1) is 0 Å². The maximum atomic E-state index is 13.1. The molecule has 0 bridgehead atoms. The lowest BCUT2D eigenvalue weighted by Crippen LogP contribution is -2.52. The summed E-state index contributed by atoms with van der Waals surface area (Å²) in [6.45, 7) is 7.84. The summed E-state index contributed by atoms with van der Waals surface area (Å²) in [7, 11) is 0. The van der Waals surface area contributed by atoms with Gasteiger partial charge in [-0.1, -0.05) is 48.0 Å². The molecule has 0 aromatic heterocycles. The average Bonchev–Trinajstić information content (AvgIpc) is 2.66. The van der Waals surface area contributed by atoms with Crippen molar-refractivity contribution in [2.24, 2.45) is 0 Å². The zero-order chi connectivity index (χ0) is 21.4. The van der Waals surface area contributed by atoms with Crippen molar-refractivity contribution >= 4 is 35.2 Å². The second kappa shape index (κ2) is 10.7. The summed E-state index contributed by atoms with van der Waals surface area (Å²) >= 11 is 7.94. The maximum Gasteiger partial charge on any atom is 0.242 e. The molecule has 0 aliphatic heterocycles. The van der Waals surface area contributed by atoms with Crippen molar-refractivity contribution in [2.45, 2.75) is 57.1 Å². The lowest BCUT2D eigenvalue weighted by molar-refractivity contribution is -0.140. The first-order valence-corrected chi connectivity index (χ1v) is 11.1. The number of nitrogens with zero attached hydrogens (tertiary/aromatic N) is 1. The van der Waals surface area contributed by atoms with Gasteiger partial charge in [0, 0.05) is 34.2 Å². The number of amides is 2. The molecule has 29 heavy (non-hydrogen) atoms. The van der Waals surface area contributed by atoms with E-state index in [1.807, 2.05) is 69.3 Å². The van der Waals surface area contributed by atoms with Crippen molar-refractivity contribution in [3.63, 3.8) is 0 Å². The monoisotopic (exact) mass is 432 g/mol. The number of halogens is 1. The predicted octanol–water partition coefficient (Wildman–Crippen LogP) is 5.15. The molecule has 2 aromatic rings. The molecule has 0 spiro atoms. The molecule has 2 aromatic carbocycles. The third-order valence-corrected chi connectivity index (χ3v) is 5.67. The Bertz CT molecular complexity index is 821. The van der Waals surface area contributed by atoms with Gasteiger partial charge < -0.3 is 10.2 Å². The van der Waals surface area contributed by atoms with E-state index >= 15 is 0 Å². The van der Waals surface area contributed by atoms with Crippen molar-refractivity contribution in [2.75, 3.05) is 5.75 Å². The molecular formula is C23H29ClN2O2S. The molecule has 1 atom stereocenters. The van der Waals surface area contributed by atoms with Crippen LogP contribution in [0.4, 0.5) is 0 Å². The zero-order valence-corrected chi connectivity index (χ0v) is 19.0. The second-order valence-electron chi connectivity index (χ2n) is 7.94. The summed E-state index contributed by atoms with van der Waals surface area (Å²) in [6, 6.07) is 16.8. The van der Waals surface area contributed by atoms with Gasteiger partial charge in [-0.15, -0.1) is 11.8 Å². The fourth-order valence-electron chi connectivity index (χ4n) is 2.78. The molecule has 0 saturated carbocycles. The van der Waals surface area contributed by atoms with Gasteiger partial charge in [0.25, 0.3) is 0 Å². The number of hydrogen-bond acceptors (Lipinski definition) is 3. The van der Waals surface area contributed by atoms with Crippen LogP contribution >= 0.6 is 23.4 Å². The van der Waals surface area contributed by atoms with E-state index in [0.29, 0.717) is 23.7 Å². The Morgan fingerprint density at radius 2 is 1.69 bits per heavy atom. The lowest BCUT2D eigenvalue weighted by Gasteiger charge is -2.31. The van der Waals surface area contributed by atoms with Crippen molar-refractivity contribution in [1.82, 2.24) is 10.2 Å². The van der Waals surface area contributed by atoms with E-state index in [-0.39, 0.29) is 17.4 Å². The Kier molecular flexibility index (Phi) is 8.60. The van der Waals surface area contributed by atoms with Gasteiger partial charge >= 0.3 is 0 Å². The Morgan fingerprint density at radius 3 is 2.31 bits per heavy atom. The summed E-state index contributed by atoms with van der Waals surface area (Å²) in [6.07, 6.45) is 0.344. The largest absolute Gasteiger partial charge is 0.350 e. The van der Waals surface area contributed by atoms with E-state index in [1.165, 1.54) is 0 Å². The average molecular weight is 433 g/mol. The first kappa shape index (κ1) is 23.3. The van der Waals surface area contributed by atoms with Gasteiger partial charge in [0.05, 0.1) is 0 Å². The van der Waals surface area contributed by atoms with Gasteiger partial charge in [-0.3, -0.25) is 9.59 Å². The first-order chi connectivity index (χ1) is 13.7. The summed E-state index contributed by atoms with van der Waals surface area (Å²) in [5, 5.41) is 3.56. The Hall–Kier alpha value is -1.98. The smallest absolute Gasteiger partial charge is 0.242 e. The molecule has 0 unspecified atom stereocenters. The number of carbonyl (C=O) groups is 2. The molecule has 4 nitrogen and oxygen atoms in total. The van der Waals surface area contributed by atoms with Crippen LogP contribution in [-0.4, -0.2) is 34.0 Å². The number of nitrogens with one attached hydrogen (secondary N) is 1. The molecule has 2 amide bonds. The molecule has 0 saturated heterocycles. The fourth-order valence-corrected chi connectivity index (χ4v) is 3.84. The lowest BCUT2D eigenvalue weighted by atomic mass is 10.1. The minimum Gasteiger partial charge on any atom is -0.350 e. The summed E-state index contributed by atoms with van der Waals surface area (Å²) in [5.74, 6) is 0.411. The van der Waals surface area contributed by atoms with Crippen LogP contribution in [0.2, 0.25) is 5.02 Å². The summed E-state index contributed by atoms with van der Waals surface area (Å²) in [4.78, 5) is 28.5. The van der Waals surface area contributed by atoms with Crippen LogP contribution in [0.5, 0.6) is 0 Å². The van der Waals surface area contributed by atoms with Crippen molar-refractivity contribution in [1.29, 1.82) is 0 Å². The molecule has 0 radical (unpaired) electrons. The predicted molar refractivity (Wildman–Crippen MR) is 121 cm³/mol. The highest BCUT2D eigenvalue weighted by molar-refractivity contribution is 7.99. The van der Waals surface area contributed by atoms with E-state index in [2.05, 4.69) is 5.32 Å². The van der Waals surface area contributed by atoms with Gasteiger partial charge in [-0.2, -0.15) is 0 Å². The number of thioether (sulfide) groups is 1. The Labute approximate surface area is 183 Å². The Morgan fingerprint density at radius 1 is 1.07 bits per heavy atom. The number of hydrogen-bond donors (Lipinski definition) is 1. The molecule has 0 heterocycles. The first-order valence-electron chi connectivity index (χ1n) is 9.70. The van der Waals surface area contributed by atoms with Crippen molar-refractivity contribution in [3.05, 3.63) is 65.2 Å². The number of rotatable bonds is 8. The van der Waals surface area contributed by atoms with Crippen LogP contribution in [0.15, 0.2) is 59.5 Å². The van der Waals surface area contributed by atoms with Crippen LogP contribution in [0.1, 0.15) is 39.7 Å². The molecule has 1 N–H and O–H groups in total. The molecule has 2 rings (SSSR count). The molecule has 156 valence electrons. The zero-order valence-electron chi connectivity index (χ0n) is 17.4. The second-order valence-corrected chi connectivity index (χ2v) is 9.52. The van der Waals surface area contributed by atoms with Crippen LogP contribution in [-0.2, 0) is 16.1 Å². The van der Waals surface area contributed by atoms with Gasteiger partial charge in [0.2, 0.25) is 11.8 Å². The van der Waals surface area contributed by atoms with Gasteiger partial charge in [0.15, 0.2) is 0 Å². The standard InChI is InChI=1S/C23H29ClN2O2S/c1-17(22(28)25-23(2,3)4)26(16-18-10-8-9-13-20(18)24)21(27)14-15-29-19-11-6-5-7-12-19/h5-13,17H,14-16H2,1-4H3,(H,25,28)/t17-/m1/s1. The van der Waals surface area contributed by atoms with E-state index in [1.54, 1.807) is 29.7 Å². The third-order valence-electron chi connectivity index (χ3n) is 4.29. The highest BCUT2D eigenvalue weighted by atomic mass is 35.5. The third kappa shape index (κ3) is 7.75. The molecule has 0 aliphatic carbocycles. The normalized spacial score (nSPS) is 12.3. The molecule has 0 fully saturated rings. The van der Waals surface area contributed by atoms with Gasteiger partial charge in [-0.05, 0) is 51.5 Å². The minimum absolute atomic E-state index is 0.0649. The highest BCUT2D eigenvalue weighted by Crippen LogP contribution is 2.22. The van der Waals surface area contributed by atoms with Crippen LogP contribution < -0.4 is 5.32 Å². The Balaban J connectivity index is 2.11. The maximum absolute atomic E-state index is 13.1. The van der Waals surface area contributed by atoms with Crippen molar-refractivity contribution in [3.8, 4) is 0 Å². The quantitative estimate of drug-likeness (QED) is 0.586. The fraction of sp³-hybridized carbons (Fsp3) is 0.391. The highest BCUT2D eigenvalue weighted by Gasteiger charge is 2.28. The SMILES string of the molecule is C[C@H](C(=O)NC(C)(C)C)N(Cc1ccccc1Cl)C(=O)CCSc1ccccc1. The van der Waals surface area contributed by atoms with Gasteiger partial charge in [-0.25, -0.2) is 0 Å². The number of carbonyl (C=O) groups excluding carboxylic acids is 2. The van der Waals surface area contributed by atoms with E-state index < -0.39 is 6.04 Å². The summed E-state index contributed by atoms with van der Waals surface area (Å²) in [5.41, 5.74) is 0.460. The van der Waals surface area contributed by atoms with Crippen LogP contribution in [0.25, 0.3) is 0 Å². The van der Waals surface area contributed by atoms with Gasteiger partial charge in [0.1, 0.15) is 6.04 Å².